The minimum atomic E-state index is -0.189. The van der Waals surface area contributed by atoms with Gasteiger partial charge in [0, 0.05) is 25.4 Å². The fraction of sp³-hybridized carbons (Fsp3) is 0.333. The lowest BCUT2D eigenvalue weighted by atomic mass is 10.4. The minimum absolute atomic E-state index is 0.189. The van der Waals surface area contributed by atoms with Crippen LogP contribution in [-0.4, -0.2) is 23.3 Å². The Balaban J connectivity index is 2.29. The number of hydrogen-bond acceptors (Lipinski definition) is 2. The van der Waals surface area contributed by atoms with E-state index in [-0.39, 0.29) is 6.03 Å². The topological polar surface area (TPSA) is 69.8 Å². The maximum absolute atomic E-state index is 10.7. The van der Waals surface area contributed by atoms with Gasteiger partial charge in [-0.2, -0.15) is 5.10 Å². The Labute approximate surface area is 64.2 Å². The lowest BCUT2D eigenvalue weighted by Crippen LogP contribution is -2.31. The van der Waals surface area contributed by atoms with Gasteiger partial charge in [-0.1, -0.05) is 0 Å². The quantitative estimate of drug-likeness (QED) is 0.554. The third kappa shape index (κ3) is 2.29. The molecule has 0 aliphatic carbocycles. The molecule has 60 valence electrons. The molecule has 0 saturated heterocycles. The maximum Gasteiger partial charge on any atom is 0.314 e. The van der Waals surface area contributed by atoms with Gasteiger partial charge in [-0.05, 0) is 0 Å². The number of amides is 2. The number of hydrogen-bond donors (Lipinski definition) is 3. The second kappa shape index (κ2) is 3.60. The highest BCUT2D eigenvalue weighted by Gasteiger charge is 1.96. The summed E-state index contributed by atoms with van der Waals surface area (Å²) in [4.78, 5) is 10.7. The summed E-state index contributed by atoms with van der Waals surface area (Å²) in [5.41, 5.74) is 0.952. The highest BCUT2D eigenvalue weighted by molar-refractivity contribution is 5.73. The highest BCUT2D eigenvalue weighted by Crippen LogP contribution is 1.90. The van der Waals surface area contributed by atoms with Gasteiger partial charge in [0.25, 0.3) is 0 Å². The van der Waals surface area contributed by atoms with Crippen molar-refractivity contribution in [2.45, 2.75) is 6.54 Å². The van der Waals surface area contributed by atoms with Crippen molar-refractivity contribution >= 4 is 6.03 Å². The van der Waals surface area contributed by atoms with Crippen molar-refractivity contribution in [1.29, 1.82) is 0 Å². The molecule has 1 rings (SSSR count). The van der Waals surface area contributed by atoms with E-state index in [9.17, 15) is 4.79 Å². The number of aromatic nitrogens is 2. The SMILES string of the molecule is CNC(=O)NCc1cn[nH]c1. The van der Waals surface area contributed by atoms with E-state index >= 15 is 0 Å². The summed E-state index contributed by atoms with van der Waals surface area (Å²) in [6.45, 7) is 0.496. The first kappa shape index (κ1) is 7.59. The Bertz CT molecular complexity index is 218. The summed E-state index contributed by atoms with van der Waals surface area (Å²) in [6, 6.07) is -0.189. The molecule has 11 heavy (non-hydrogen) atoms. The Morgan fingerprint density at radius 1 is 1.82 bits per heavy atom. The molecule has 5 heteroatoms. The van der Waals surface area contributed by atoms with Crippen LogP contribution in [0.2, 0.25) is 0 Å². The molecule has 3 N–H and O–H groups in total. The van der Waals surface area contributed by atoms with Crippen molar-refractivity contribution < 1.29 is 4.79 Å². The largest absolute Gasteiger partial charge is 0.341 e. The third-order valence-corrected chi connectivity index (χ3v) is 1.23. The number of rotatable bonds is 2. The molecule has 1 aromatic heterocycles. The summed E-state index contributed by atoms with van der Waals surface area (Å²) in [7, 11) is 1.57. The standard InChI is InChI=1S/C6H10N4O/c1-7-6(11)8-2-5-3-9-10-4-5/h3-4H,2H2,1H3,(H,9,10)(H2,7,8,11). The van der Waals surface area contributed by atoms with Crippen LogP contribution in [0, 0.1) is 0 Å². The molecule has 0 spiro atoms. The van der Waals surface area contributed by atoms with E-state index in [1.54, 1.807) is 19.4 Å². The van der Waals surface area contributed by atoms with Crippen LogP contribution < -0.4 is 10.6 Å². The molecule has 0 unspecified atom stereocenters. The third-order valence-electron chi connectivity index (χ3n) is 1.23. The summed E-state index contributed by atoms with van der Waals surface area (Å²) in [6.07, 6.45) is 3.39. The number of carbonyl (C=O) groups excluding carboxylic acids is 1. The van der Waals surface area contributed by atoms with Crippen LogP contribution >= 0.6 is 0 Å². The van der Waals surface area contributed by atoms with Gasteiger partial charge in [0.2, 0.25) is 0 Å². The summed E-state index contributed by atoms with van der Waals surface area (Å²) >= 11 is 0. The van der Waals surface area contributed by atoms with Crippen LogP contribution in [0.4, 0.5) is 4.79 Å². The van der Waals surface area contributed by atoms with Gasteiger partial charge >= 0.3 is 6.03 Å². The van der Waals surface area contributed by atoms with Crippen molar-refractivity contribution in [3.8, 4) is 0 Å². The van der Waals surface area contributed by atoms with E-state index in [1.807, 2.05) is 0 Å². The monoisotopic (exact) mass is 154 g/mol. The molecule has 0 aliphatic heterocycles. The smallest absolute Gasteiger partial charge is 0.314 e. The fourth-order valence-electron chi connectivity index (χ4n) is 0.645. The van der Waals surface area contributed by atoms with Gasteiger partial charge in [0.15, 0.2) is 0 Å². The van der Waals surface area contributed by atoms with Crippen molar-refractivity contribution in [1.82, 2.24) is 20.8 Å². The zero-order valence-corrected chi connectivity index (χ0v) is 6.22. The van der Waals surface area contributed by atoms with Crippen LogP contribution in [0.3, 0.4) is 0 Å². The Morgan fingerprint density at radius 3 is 3.18 bits per heavy atom. The Morgan fingerprint density at radius 2 is 2.64 bits per heavy atom. The average molecular weight is 154 g/mol. The number of nitrogens with zero attached hydrogens (tertiary/aromatic N) is 1. The lowest BCUT2D eigenvalue weighted by molar-refractivity contribution is 0.242. The van der Waals surface area contributed by atoms with Gasteiger partial charge in [0.1, 0.15) is 0 Å². The van der Waals surface area contributed by atoms with E-state index in [0.29, 0.717) is 6.54 Å². The van der Waals surface area contributed by atoms with Gasteiger partial charge in [0.05, 0.1) is 6.20 Å². The zero-order valence-electron chi connectivity index (χ0n) is 6.22. The number of urea groups is 1. The zero-order chi connectivity index (χ0) is 8.10. The van der Waals surface area contributed by atoms with Crippen LogP contribution in [-0.2, 0) is 6.54 Å². The second-order valence-corrected chi connectivity index (χ2v) is 2.04. The van der Waals surface area contributed by atoms with Crippen molar-refractivity contribution in [2.24, 2.45) is 0 Å². The lowest BCUT2D eigenvalue weighted by Gasteiger charge is -2.00. The molecular weight excluding hydrogens is 144 g/mol. The molecule has 0 atom stereocenters. The first-order chi connectivity index (χ1) is 5.33. The number of aromatic amines is 1. The van der Waals surface area contributed by atoms with Gasteiger partial charge < -0.3 is 10.6 Å². The molecular formula is C6H10N4O. The van der Waals surface area contributed by atoms with Crippen LogP contribution in [0.5, 0.6) is 0 Å². The Hall–Kier alpha value is -1.52. The van der Waals surface area contributed by atoms with E-state index in [2.05, 4.69) is 20.8 Å². The van der Waals surface area contributed by atoms with Crippen molar-refractivity contribution in [3.63, 3.8) is 0 Å². The van der Waals surface area contributed by atoms with Crippen molar-refractivity contribution in [3.05, 3.63) is 18.0 Å². The average Bonchev–Trinajstić information content (AvgIpc) is 2.52. The highest BCUT2D eigenvalue weighted by atomic mass is 16.2. The van der Waals surface area contributed by atoms with Crippen molar-refractivity contribution in [2.75, 3.05) is 7.05 Å². The maximum atomic E-state index is 10.7. The normalized spacial score (nSPS) is 9.18. The fourth-order valence-corrected chi connectivity index (χ4v) is 0.645. The molecule has 0 aliphatic rings. The molecule has 0 fully saturated rings. The summed E-state index contributed by atoms with van der Waals surface area (Å²) < 4.78 is 0. The van der Waals surface area contributed by atoms with Crippen LogP contribution in [0.1, 0.15) is 5.56 Å². The minimum Gasteiger partial charge on any atom is -0.341 e. The van der Waals surface area contributed by atoms with E-state index < -0.39 is 0 Å². The number of nitrogens with one attached hydrogen (secondary N) is 3. The molecule has 2 amide bonds. The molecule has 0 bridgehead atoms. The van der Waals surface area contributed by atoms with Crippen LogP contribution in [0.25, 0.3) is 0 Å². The molecule has 0 radical (unpaired) electrons. The molecule has 0 saturated carbocycles. The molecule has 1 aromatic rings. The van der Waals surface area contributed by atoms with Gasteiger partial charge in [-0.25, -0.2) is 4.79 Å². The van der Waals surface area contributed by atoms with E-state index in [4.69, 9.17) is 0 Å². The van der Waals surface area contributed by atoms with Gasteiger partial charge in [-0.3, -0.25) is 5.10 Å². The van der Waals surface area contributed by atoms with Gasteiger partial charge in [-0.15, -0.1) is 0 Å². The second-order valence-electron chi connectivity index (χ2n) is 2.04. The molecule has 0 aromatic carbocycles. The summed E-state index contributed by atoms with van der Waals surface area (Å²) in [5, 5.41) is 11.5. The molecule has 5 nitrogen and oxygen atoms in total. The number of H-pyrrole nitrogens is 1. The van der Waals surface area contributed by atoms with E-state index in [1.165, 1.54) is 0 Å². The van der Waals surface area contributed by atoms with E-state index in [0.717, 1.165) is 5.56 Å². The van der Waals surface area contributed by atoms with Crippen LogP contribution in [0.15, 0.2) is 12.4 Å². The predicted octanol–water partition coefficient (Wildman–Crippen LogP) is -0.161. The Kier molecular flexibility index (Phi) is 2.48. The first-order valence-corrected chi connectivity index (χ1v) is 3.26. The summed E-state index contributed by atoms with van der Waals surface area (Å²) in [5.74, 6) is 0. The number of carbonyl (C=O) groups is 1. The molecule has 1 heterocycles. The first-order valence-electron chi connectivity index (χ1n) is 3.26. The predicted molar refractivity (Wildman–Crippen MR) is 39.9 cm³/mol.